The molecule has 0 fully saturated rings. The second-order valence-corrected chi connectivity index (χ2v) is 5.19. The van der Waals surface area contributed by atoms with Crippen LogP contribution in [0.2, 0.25) is 0 Å². The molecular weight excluding hydrogens is 322 g/mol. The molecular formula is C17H19N5O3. The molecule has 3 aromatic rings. The van der Waals surface area contributed by atoms with Crippen LogP contribution in [0.5, 0.6) is 11.5 Å². The van der Waals surface area contributed by atoms with Crippen molar-refractivity contribution in [3.8, 4) is 11.5 Å². The van der Waals surface area contributed by atoms with Crippen molar-refractivity contribution in [2.24, 2.45) is 0 Å². The monoisotopic (exact) mass is 341 g/mol. The van der Waals surface area contributed by atoms with E-state index in [1.54, 1.807) is 19.2 Å². The number of benzene rings is 1. The van der Waals surface area contributed by atoms with Crippen molar-refractivity contribution < 1.29 is 14.0 Å². The van der Waals surface area contributed by atoms with E-state index < -0.39 is 0 Å². The molecule has 25 heavy (non-hydrogen) atoms. The van der Waals surface area contributed by atoms with Crippen molar-refractivity contribution in [2.75, 3.05) is 30.9 Å². The van der Waals surface area contributed by atoms with E-state index in [1.807, 2.05) is 31.2 Å². The molecule has 0 amide bonds. The molecule has 8 heteroatoms. The van der Waals surface area contributed by atoms with Crippen LogP contribution < -0.4 is 20.1 Å². The molecule has 8 nitrogen and oxygen atoms in total. The molecule has 2 N–H and O–H groups in total. The summed E-state index contributed by atoms with van der Waals surface area (Å²) in [4.78, 5) is 8.32. The lowest BCUT2D eigenvalue weighted by atomic mass is 10.3. The largest absolute Gasteiger partial charge is 0.497 e. The molecule has 1 aromatic carbocycles. The molecule has 0 aliphatic rings. The Kier molecular flexibility index (Phi) is 5.30. The zero-order valence-electron chi connectivity index (χ0n) is 14.0. The Labute approximate surface area is 145 Å². The second kappa shape index (κ2) is 8.00. The molecule has 0 unspecified atom stereocenters. The van der Waals surface area contributed by atoms with Gasteiger partial charge < -0.3 is 24.6 Å². The highest BCUT2D eigenvalue weighted by atomic mass is 16.5. The van der Waals surface area contributed by atoms with Crippen LogP contribution in [-0.2, 0) is 0 Å². The van der Waals surface area contributed by atoms with Gasteiger partial charge in [0.25, 0.3) is 0 Å². The molecule has 0 atom stereocenters. The van der Waals surface area contributed by atoms with Gasteiger partial charge in [0, 0.05) is 12.1 Å². The van der Waals surface area contributed by atoms with Gasteiger partial charge in [-0.1, -0.05) is 5.16 Å². The van der Waals surface area contributed by atoms with Crippen molar-refractivity contribution in [1.29, 1.82) is 0 Å². The third-order valence-corrected chi connectivity index (χ3v) is 3.29. The Morgan fingerprint density at radius 1 is 1.00 bits per heavy atom. The fourth-order valence-electron chi connectivity index (χ4n) is 2.10. The van der Waals surface area contributed by atoms with Crippen LogP contribution in [0.3, 0.4) is 0 Å². The summed E-state index contributed by atoms with van der Waals surface area (Å²) in [6.45, 7) is 2.93. The first-order valence-corrected chi connectivity index (χ1v) is 7.76. The molecule has 0 radical (unpaired) electrons. The van der Waals surface area contributed by atoms with Gasteiger partial charge in [0.2, 0.25) is 0 Å². The van der Waals surface area contributed by atoms with Crippen LogP contribution in [0.1, 0.15) is 5.76 Å². The molecule has 0 saturated heterocycles. The first kappa shape index (κ1) is 16.6. The molecule has 3 rings (SSSR count). The number of methoxy groups -OCH3 is 1. The van der Waals surface area contributed by atoms with E-state index in [4.69, 9.17) is 14.0 Å². The summed E-state index contributed by atoms with van der Waals surface area (Å²) in [7, 11) is 1.63. The van der Waals surface area contributed by atoms with Gasteiger partial charge in [-0.05, 0) is 31.2 Å². The number of hydrogen-bond acceptors (Lipinski definition) is 8. The normalized spacial score (nSPS) is 10.3. The quantitative estimate of drug-likeness (QED) is 0.604. The Hall–Kier alpha value is -3.29. The minimum Gasteiger partial charge on any atom is -0.497 e. The third-order valence-electron chi connectivity index (χ3n) is 3.29. The second-order valence-electron chi connectivity index (χ2n) is 5.19. The third kappa shape index (κ3) is 4.84. The predicted octanol–water partition coefficient (Wildman–Crippen LogP) is 3.02. The average Bonchev–Trinajstić information content (AvgIpc) is 3.04. The number of aromatic nitrogens is 3. The zero-order chi connectivity index (χ0) is 17.5. The Balaban J connectivity index is 1.47. The van der Waals surface area contributed by atoms with Crippen LogP contribution in [0.15, 0.2) is 47.2 Å². The Morgan fingerprint density at radius 3 is 2.48 bits per heavy atom. The highest BCUT2D eigenvalue weighted by molar-refractivity contribution is 5.55. The molecule has 0 saturated carbocycles. The summed E-state index contributed by atoms with van der Waals surface area (Å²) < 4.78 is 15.8. The van der Waals surface area contributed by atoms with Crippen molar-refractivity contribution in [3.05, 3.63) is 48.5 Å². The van der Waals surface area contributed by atoms with Gasteiger partial charge in [0.05, 0.1) is 13.7 Å². The van der Waals surface area contributed by atoms with Crippen LogP contribution in [0.4, 0.5) is 17.5 Å². The number of nitrogens with zero attached hydrogens (tertiary/aromatic N) is 3. The summed E-state index contributed by atoms with van der Waals surface area (Å²) in [5, 5.41) is 10.1. The number of aryl methyl sites for hydroxylation is 1. The van der Waals surface area contributed by atoms with E-state index in [0.29, 0.717) is 30.6 Å². The topological polar surface area (TPSA) is 94.3 Å². The van der Waals surface area contributed by atoms with Crippen molar-refractivity contribution in [1.82, 2.24) is 15.1 Å². The lowest BCUT2D eigenvalue weighted by Gasteiger charge is -2.09. The summed E-state index contributed by atoms with van der Waals surface area (Å²) in [6.07, 6.45) is 1.47. The number of nitrogens with one attached hydrogen (secondary N) is 2. The van der Waals surface area contributed by atoms with E-state index in [9.17, 15) is 0 Å². The van der Waals surface area contributed by atoms with E-state index in [1.165, 1.54) is 6.33 Å². The maximum Gasteiger partial charge on any atom is 0.175 e. The van der Waals surface area contributed by atoms with Gasteiger partial charge in [0.1, 0.15) is 41.8 Å². The fraction of sp³-hybridized carbons (Fsp3) is 0.235. The Bertz CT molecular complexity index is 804. The van der Waals surface area contributed by atoms with Crippen LogP contribution >= 0.6 is 0 Å². The van der Waals surface area contributed by atoms with Gasteiger partial charge in [-0.25, -0.2) is 9.97 Å². The average molecular weight is 341 g/mol. The van der Waals surface area contributed by atoms with Gasteiger partial charge in [0.15, 0.2) is 5.82 Å². The number of ether oxygens (including phenoxy) is 2. The Morgan fingerprint density at radius 2 is 1.76 bits per heavy atom. The van der Waals surface area contributed by atoms with E-state index in [2.05, 4.69) is 25.8 Å². The van der Waals surface area contributed by atoms with Crippen LogP contribution in [0.25, 0.3) is 0 Å². The number of hydrogen-bond donors (Lipinski definition) is 2. The van der Waals surface area contributed by atoms with Crippen LogP contribution in [-0.4, -0.2) is 35.4 Å². The SMILES string of the molecule is COc1ccc(OCCNc2cc(Nc3cc(C)on3)ncn2)cc1. The van der Waals surface area contributed by atoms with Gasteiger partial charge in [-0.2, -0.15) is 0 Å². The molecule has 0 aliphatic carbocycles. The summed E-state index contributed by atoms with van der Waals surface area (Å²) in [5.74, 6) is 4.23. The molecule has 0 aliphatic heterocycles. The van der Waals surface area contributed by atoms with Crippen molar-refractivity contribution >= 4 is 17.5 Å². The highest BCUT2D eigenvalue weighted by Crippen LogP contribution is 2.17. The smallest absolute Gasteiger partial charge is 0.175 e. The minimum absolute atomic E-state index is 0.502. The standard InChI is InChI=1S/C17H19N5O3/c1-12-9-17(22-25-12)21-16-10-15(19-11-20-16)18-7-8-24-14-5-3-13(23-2)4-6-14/h3-6,9-11H,7-8H2,1-2H3,(H2,18,19,20,21,22). The van der Waals surface area contributed by atoms with E-state index in [0.717, 1.165) is 17.3 Å². The minimum atomic E-state index is 0.502. The van der Waals surface area contributed by atoms with Crippen LogP contribution in [0, 0.1) is 6.92 Å². The van der Waals surface area contributed by atoms with Crippen molar-refractivity contribution in [2.45, 2.75) is 6.92 Å². The van der Waals surface area contributed by atoms with Gasteiger partial charge in [-0.3, -0.25) is 0 Å². The van der Waals surface area contributed by atoms with E-state index in [-0.39, 0.29) is 0 Å². The summed E-state index contributed by atoms with van der Waals surface area (Å²) >= 11 is 0. The van der Waals surface area contributed by atoms with Crippen molar-refractivity contribution in [3.63, 3.8) is 0 Å². The molecule has 2 heterocycles. The lowest BCUT2D eigenvalue weighted by molar-refractivity contribution is 0.331. The predicted molar refractivity (Wildman–Crippen MR) is 93.5 cm³/mol. The maximum absolute atomic E-state index is 5.66. The summed E-state index contributed by atoms with van der Waals surface area (Å²) in [6, 6.07) is 11.0. The molecule has 2 aromatic heterocycles. The molecule has 0 spiro atoms. The number of anilines is 3. The first-order valence-electron chi connectivity index (χ1n) is 7.76. The lowest BCUT2D eigenvalue weighted by Crippen LogP contribution is -2.12. The summed E-state index contributed by atoms with van der Waals surface area (Å²) in [5.41, 5.74) is 0. The van der Waals surface area contributed by atoms with E-state index >= 15 is 0 Å². The maximum atomic E-state index is 5.66. The fourth-order valence-corrected chi connectivity index (χ4v) is 2.10. The van der Waals surface area contributed by atoms with Gasteiger partial charge in [-0.15, -0.1) is 0 Å². The highest BCUT2D eigenvalue weighted by Gasteiger charge is 2.03. The molecule has 0 bridgehead atoms. The first-order chi connectivity index (χ1) is 12.2. The molecule has 130 valence electrons. The zero-order valence-corrected chi connectivity index (χ0v) is 14.0. The number of rotatable bonds is 8. The van der Waals surface area contributed by atoms with Gasteiger partial charge >= 0.3 is 0 Å².